The van der Waals surface area contributed by atoms with Crippen LogP contribution in [-0.2, 0) is 4.79 Å². The van der Waals surface area contributed by atoms with E-state index in [9.17, 15) is 14.4 Å². The van der Waals surface area contributed by atoms with E-state index in [1.54, 1.807) is 36.2 Å². The summed E-state index contributed by atoms with van der Waals surface area (Å²) in [5, 5.41) is 11.9. The first-order chi connectivity index (χ1) is 14.3. The Morgan fingerprint density at radius 2 is 2.03 bits per heavy atom. The van der Waals surface area contributed by atoms with Gasteiger partial charge in [-0.25, -0.2) is 4.79 Å². The van der Waals surface area contributed by atoms with Gasteiger partial charge in [-0.2, -0.15) is 0 Å². The molecule has 1 atom stereocenters. The van der Waals surface area contributed by atoms with E-state index in [1.165, 1.54) is 0 Å². The van der Waals surface area contributed by atoms with E-state index in [4.69, 9.17) is 16.3 Å². The average molecular weight is 500 g/mol. The molecule has 1 saturated heterocycles. The highest BCUT2D eigenvalue weighted by atomic mass is 79.9. The quantitative estimate of drug-likeness (QED) is 0.591. The Bertz CT molecular complexity index is 968. The summed E-state index contributed by atoms with van der Waals surface area (Å²) in [6.07, 6.45) is -0.840. The van der Waals surface area contributed by atoms with Crippen LogP contribution in [0.1, 0.15) is 10.4 Å². The van der Waals surface area contributed by atoms with Crippen molar-refractivity contribution in [3.05, 3.63) is 39.3 Å². The van der Waals surface area contributed by atoms with Crippen molar-refractivity contribution in [3.8, 4) is 5.88 Å². The van der Waals surface area contributed by atoms with Gasteiger partial charge < -0.3 is 25.2 Å². The average Bonchev–Trinajstić information content (AvgIpc) is 2.98. The Morgan fingerprint density at radius 3 is 2.77 bits per heavy atom. The third-order valence-electron chi connectivity index (χ3n) is 4.50. The number of halogens is 2. The number of carbonyl (C=O) groups excluding carboxylic acids is 3. The maximum atomic E-state index is 12.4. The van der Waals surface area contributed by atoms with Crippen molar-refractivity contribution < 1.29 is 19.1 Å². The number of hydrogen-bond donors (Lipinski definition) is 3. The number of H-pyrrole nitrogens is 1. The SMILES string of the molecule is CN1CCN(C)C(=O)C(NC(=O)Oc2n[nH]c(NC(=O)c3ccccc3Cl)c2Br)C1. The number of benzene rings is 1. The van der Waals surface area contributed by atoms with Crippen LogP contribution in [0.15, 0.2) is 28.7 Å². The molecule has 0 saturated carbocycles. The van der Waals surface area contributed by atoms with Crippen LogP contribution >= 0.6 is 27.5 Å². The molecule has 0 bridgehead atoms. The van der Waals surface area contributed by atoms with Gasteiger partial charge in [0.2, 0.25) is 5.91 Å². The lowest BCUT2D eigenvalue weighted by molar-refractivity contribution is -0.131. The van der Waals surface area contributed by atoms with E-state index in [-0.39, 0.29) is 27.6 Å². The van der Waals surface area contributed by atoms with Gasteiger partial charge in [-0.1, -0.05) is 23.7 Å². The number of aromatic amines is 1. The second kappa shape index (κ2) is 9.45. The number of anilines is 1. The topological polar surface area (TPSA) is 120 Å². The second-order valence-electron chi connectivity index (χ2n) is 6.76. The summed E-state index contributed by atoms with van der Waals surface area (Å²) in [4.78, 5) is 40.6. The minimum atomic E-state index is -0.840. The summed E-state index contributed by atoms with van der Waals surface area (Å²) in [5.41, 5.74) is 0.279. The highest BCUT2D eigenvalue weighted by Gasteiger charge is 2.29. The van der Waals surface area contributed by atoms with E-state index in [1.807, 2.05) is 11.9 Å². The fraction of sp³-hybridized carbons (Fsp3) is 0.333. The lowest BCUT2D eigenvalue weighted by Gasteiger charge is -2.20. The van der Waals surface area contributed by atoms with Gasteiger partial charge in [-0.05, 0) is 35.1 Å². The summed E-state index contributed by atoms with van der Waals surface area (Å²) in [6.45, 7) is 1.63. The highest BCUT2D eigenvalue weighted by Crippen LogP contribution is 2.30. The van der Waals surface area contributed by atoms with E-state index >= 15 is 0 Å². The van der Waals surface area contributed by atoms with Crippen LogP contribution in [0, 0.1) is 0 Å². The van der Waals surface area contributed by atoms with E-state index < -0.39 is 18.0 Å². The molecule has 2 aromatic rings. The van der Waals surface area contributed by atoms with Gasteiger partial charge in [-0.3, -0.25) is 14.7 Å². The van der Waals surface area contributed by atoms with Gasteiger partial charge in [0.25, 0.3) is 11.8 Å². The van der Waals surface area contributed by atoms with Gasteiger partial charge in [0.1, 0.15) is 16.3 Å². The predicted octanol–water partition coefficient (Wildman–Crippen LogP) is 1.94. The third-order valence-corrected chi connectivity index (χ3v) is 5.57. The largest absolute Gasteiger partial charge is 0.414 e. The van der Waals surface area contributed by atoms with Gasteiger partial charge in [0, 0.05) is 26.7 Å². The number of nitrogens with zero attached hydrogens (tertiary/aromatic N) is 3. The number of nitrogens with one attached hydrogen (secondary N) is 3. The normalized spacial score (nSPS) is 17.4. The van der Waals surface area contributed by atoms with Crippen LogP contribution in [0.4, 0.5) is 10.6 Å². The van der Waals surface area contributed by atoms with E-state index in [0.717, 1.165) is 0 Å². The molecule has 1 aromatic carbocycles. The zero-order valence-corrected chi connectivity index (χ0v) is 18.6. The Hall–Kier alpha value is -2.63. The summed E-state index contributed by atoms with van der Waals surface area (Å²) in [7, 11) is 3.55. The number of carbonyl (C=O) groups is 3. The number of ether oxygens (including phenoxy) is 1. The number of amides is 3. The third kappa shape index (κ3) is 5.10. The zero-order valence-electron chi connectivity index (χ0n) is 16.2. The van der Waals surface area contributed by atoms with Crippen LogP contribution in [-0.4, -0.2) is 77.7 Å². The van der Waals surface area contributed by atoms with Crippen molar-refractivity contribution in [2.45, 2.75) is 6.04 Å². The molecule has 12 heteroatoms. The standard InChI is InChI=1S/C18H20BrClN6O4/c1-25-7-8-26(2)17(28)12(9-25)21-18(29)30-16-13(19)14(23-24-16)22-15(27)10-5-3-4-6-11(10)20/h3-6,12H,7-9H2,1-2H3,(H,21,29)(H2,22,23,24,27). The monoisotopic (exact) mass is 498 g/mol. The molecule has 0 spiro atoms. The lowest BCUT2D eigenvalue weighted by atomic mass is 10.2. The smallest absolute Gasteiger partial charge is 0.388 e. The molecule has 1 fully saturated rings. The first-order valence-corrected chi connectivity index (χ1v) is 10.1. The Morgan fingerprint density at radius 1 is 1.30 bits per heavy atom. The predicted molar refractivity (Wildman–Crippen MR) is 114 cm³/mol. The van der Waals surface area contributed by atoms with Crippen LogP contribution in [0.25, 0.3) is 0 Å². The zero-order chi connectivity index (χ0) is 21.8. The number of aromatic nitrogens is 2. The van der Waals surface area contributed by atoms with Gasteiger partial charge in [0.15, 0.2) is 0 Å². The fourth-order valence-electron chi connectivity index (χ4n) is 2.83. The summed E-state index contributed by atoms with van der Waals surface area (Å²) in [5.74, 6) is -0.571. The van der Waals surface area contributed by atoms with Crippen molar-refractivity contribution in [2.75, 3.05) is 39.0 Å². The molecular formula is C18H20BrClN6O4. The van der Waals surface area contributed by atoms with Crippen LogP contribution < -0.4 is 15.4 Å². The van der Waals surface area contributed by atoms with Gasteiger partial charge in [-0.15, -0.1) is 5.10 Å². The van der Waals surface area contributed by atoms with E-state index in [0.29, 0.717) is 24.7 Å². The molecule has 2 heterocycles. The first-order valence-electron chi connectivity index (χ1n) is 8.98. The van der Waals surface area contributed by atoms with Crippen LogP contribution in [0.3, 0.4) is 0 Å². The summed E-state index contributed by atoms with van der Waals surface area (Å²) >= 11 is 9.26. The minimum absolute atomic E-state index is 0.0928. The van der Waals surface area contributed by atoms with Crippen molar-refractivity contribution in [2.24, 2.45) is 0 Å². The summed E-state index contributed by atoms with van der Waals surface area (Å²) < 4.78 is 5.43. The Labute approximate surface area is 186 Å². The number of likely N-dealkylation sites (N-methyl/N-ethyl adjacent to an activating group) is 2. The molecule has 1 aliphatic rings. The van der Waals surface area contributed by atoms with Crippen molar-refractivity contribution in [1.82, 2.24) is 25.3 Å². The molecule has 0 aliphatic carbocycles. The van der Waals surface area contributed by atoms with Crippen molar-refractivity contribution in [3.63, 3.8) is 0 Å². The molecule has 0 radical (unpaired) electrons. The Balaban J connectivity index is 1.64. The Kier molecular flexibility index (Phi) is 6.95. The molecule has 1 unspecified atom stereocenters. The second-order valence-corrected chi connectivity index (χ2v) is 7.96. The first kappa shape index (κ1) is 22.1. The lowest BCUT2D eigenvalue weighted by Crippen LogP contribution is -2.50. The molecule has 3 rings (SSSR count). The molecule has 160 valence electrons. The highest BCUT2D eigenvalue weighted by molar-refractivity contribution is 9.10. The van der Waals surface area contributed by atoms with Gasteiger partial charge in [0.05, 0.1) is 10.6 Å². The maximum absolute atomic E-state index is 12.4. The molecule has 1 aliphatic heterocycles. The maximum Gasteiger partial charge on any atom is 0.414 e. The molecule has 3 N–H and O–H groups in total. The molecule has 1 aromatic heterocycles. The number of rotatable bonds is 4. The van der Waals surface area contributed by atoms with Crippen LogP contribution in [0.2, 0.25) is 5.02 Å². The molecule has 30 heavy (non-hydrogen) atoms. The summed E-state index contributed by atoms with van der Waals surface area (Å²) in [6, 6.07) is 5.83. The molecule has 3 amide bonds. The van der Waals surface area contributed by atoms with E-state index in [2.05, 4.69) is 36.8 Å². The van der Waals surface area contributed by atoms with Crippen molar-refractivity contribution >= 4 is 51.3 Å². The molecule has 10 nitrogen and oxygen atoms in total. The van der Waals surface area contributed by atoms with Crippen LogP contribution in [0.5, 0.6) is 5.88 Å². The number of hydrogen-bond acceptors (Lipinski definition) is 6. The molecular weight excluding hydrogens is 480 g/mol. The van der Waals surface area contributed by atoms with Gasteiger partial charge >= 0.3 is 6.09 Å². The fourth-order valence-corrected chi connectivity index (χ4v) is 3.41. The minimum Gasteiger partial charge on any atom is -0.388 e. The van der Waals surface area contributed by atoms with Crippen molar-refractivity contribution in [1.29, 1.82) is 0 Å².